The van der Waals surface area contributed by atoms with Crippen molar-refractivity contribution in [2.45, 2.75) is 26.8 Å². The topological polar surface area (TPSA) is 6.48 Å². The molecule has 3 heteroatoms. The van der Waals surface area contributed by atoms with Gasteiger partial charge in [-0.2, -0.15) is 0 Å². The van der Waals surface area contributed by atoms with Gasteiger partial charge in [0.05, 0.1) is 0 Å². The number of rotatable bonds is 4. The van der Waals surface area contributed by atoms with Crippen LogP contribution in [-0.2, 0) is 6.54 Å². The Kier molecular flexibility index (Phi) is 5.86. The summed E-state index contributed by atoms with van der Waals surface area (Å²) in [5.41, 5.74) is 4.26. The number of hydrogen-bond acceptors (Lipinski definition) is 2. The molecule has 1 aromatic carbocycles. The van der Waals surface area contributed by atoms with Gasteiger partial charge >= 0.3 is 0 Å². The highest BCUT2D eigenvalue weighted by Crippen LogP contribution is 2.13. The molecule has 1 aliphatic heterocycles. The van der Waals surface area contributed by atoms with E-state index < -0.39 is 0 Å². The molecular formula is C16H25BrN2. The van der Waals surface area contributed by atoms with Crippen LogP contribution >= 0.6 is 15.9 Å². The van der Waals surface area contributed by atoms with Gasteiger partial charge in [0.15, 0.2) is 0 Å². The van der Waals surface area contributed by atoms with Crippen molar-refractivity contribution in [1.82, 2.24) is 9.80 Å². The molecule has 2 rings (SSSR count). The van der Waals surface area contributed by atoms with Gasteiger partial charge in [0, 0.05) is 31.5 Å². The number of alkyl halides is 1. The van der Waals surface area contributed by atoms with Crippen molar-refractivity contribution in [2.75, 3.05) is 38.1 Å². The molecule has 2 nitrogen and oxygen atoms in total. The zero-order chi connectivity index (χ0) is 13.7. The lowest BCUT2D eigenvalue weighted by Gasteiger charge is -2.21. The average molecular weight is 325 g/mol. The minimum absolute atomic E-state index is 1.09. The first-order valence-electron chi connectivity index (χ1n) is 7.26. The van der Waals surface area contributed by atoms with Crippen LogP contribution in [0.5, 0.6) is 0 Å². The molecule has 1 saturated heterocycles. The van der Waals surface area contributed by atoms with Crippen molar-refractivity contribution >= 4 is 15.9 Å². The molecular weight excluding hydrogens is 300 g/mol. The van der Waals surface area contributed by atoms with Gasteiger partial charge in [0.2, 0.25) is 0 Å². The van der Waals surface area contributed by atoms with Crippen molar-refractivity contribution in [3.05, 3.63) is 34.9 Å². The summed E-state index contributed by atoms with van der Waals surface area (Å²) in [6.45, 7) is 11.5. The van der Waals surface area contributed by atoms with E-state index in [2.05, 4.69) is 57.8 Å². The van der Waals surface area contributed by atoms with Crippen molar-refractivity contribution in [2.24, 2.45) is 0 Å². The predicted octanol–water partition coefficient (Wildman–Crippen LogP) is 3.21. The van der Waals surface area contributed by atoms with Crippen LogP contribution in [-0.4, -0.2) is 47.9 Å². The zero-order valence-electron chi connectivity index (χ0n) is 12.2. The zero-order valence-corrected chi connectivity index (χ0v) is 13.7. The molecule has 1 fully saturated rings. The lowest BCUT2D eigenvalue weighted by atomic mass is 10.1. The Labute approximate surface area is 125 Å². The smallest absolute Gasteiger partial charge is 0.0234 e. The predicted molar refractivity (Wildman–Crippen MR) is 86.0 cm³/mol. The maximum absolute atomic E-state index is 3.54. The summed E-state index contributed by atoms with van der Waals surface area (Å²) >= 11 is 3.54. The van der Waals surface area contributed by atoms with Gasteiger partial charge in [-0.3, -0.25) is 4.90 Å². The van der Waals surface area contributed by atoms with E-state index in [0.29, 0.717) is 0 Å². The van der Waals surface area contributed by atoms with Gasteiger partial charge in [-0.25, -0.2) is 0 Å². The lowest BCUT2D eigenvalue weighted by Crippen LogP contribution is -2.31. The Morgan fingerprint density at radius 2 is 1.74 bits per heavy atom. The van der Waals surface area contributed by atoms with Crippen molar-refractivity contribution in [3.8, 4) is 0 Å². The number of aryl methyl sites for hydroxylation is 2. The molecule has 0 spiro atoms. The summed E-state index contributed by atoms with van der Waals surface area (Å²) in [5.74, 6) is 0. The monoisotopic (exact) mass is 324 g/mol. The second-order valence-electron chi connectivity index (χ2n) is 5.58. The van der Waals surface area contributed by atoms with Crippen LogP contribution in [0.25, 0.3) is 0 Å². The third-order valence-electron chi connectivity index (χ3n) is 4.06. The summed E-state index contributed by atoms with van der Waals surface area (Å²) < 4.78 is 0. The molecule has 19 heavy (non-hydrogen) atoms. The van der Waals surface area contributed by atoms with Crippen molar-refractivity contribution in [1.29, 1.82) is 0 Å². The molecule has 0 radical (unpaired) electrons. The summed E-state index contributed by atoms with van der Waals surface area (Å²) in [6, 6.07) is 6.87. The SMILES string of the molecule is Cc1ccc(CN2CCCN(CCBr)CC2)cc1C. The molecule has 1 aliphatic rings. The van der Waals surface area contributed by atoms with Gasteiger partial charge in [-0.15, -0.1) is 0 Å². The molecule has 0 saturated carbocycles. The van der Waals surface area contributed by atoms with Crippen LogP contribution in [0.2, 0.25) is 0 Å². The van der Waals surface area contributed by atoms with E-state index in [9.17, 15) is 0 Å². The highest BCUT2D eigenvalue weighted by molar-refractivity contribution is 9.09. The quantitative estimate of drug-likeness (QED) is 0.785. The molecule has 0 unspecified atom stereocenters. The average Bonchev–Trinajstić information content (AvgIpc) is 2.60. The molecule has 106 valence electrons. The van der Waals surface area contributed by atoms with Crippen molar-refractivity contribution in [3.63, 3.8) is 0 Å². The first-order chi connectivity index (χ1) is 9.19. The largest absolute Gasteiger partial charge is 0.301 e. The van der Waals surface area contributed by atoms with Crippen LogP contribution in [0, 0.1) is 13.8 Å². The fourth-order valence-electron chi connectivity index (χ4n) is 2.69. The Morgan fingerprint density at radius 1 is 1.00 bits per heavy atom. The summed E-state index contributed by atoms with van der Waals surface area (Å²) in [7, 11) is 0. The summed E-state index contributed by atoms with van der Waals surface area (Å²) in [5, 5.41) is 1.09. The van der Waals surface area contributed by atoms with E-state index >= 15 is 0 Å². The lowest BCUT2D eigenvalue weighted by molar-refractivity contribution is 0.258. The summed E-state index contributed by atoms with van der Waals surface area (Å²) in [4.78, 5) is 5.16. The molecule has 0 bridgehead atoms. The molecule has 0 amide bonds. The number of nitrogens with zero attached hydrogens (tertiary/aromatic N) is 2. The van der Waals surface area contributed by atoms with Crippen LogP contribution < -0.4 is 0 Å². The third kappa shape index (κ3) is 4.59. The fraction of sp³-hybridized carbons (Fsp3) is 0.625. The molecule has 0 atom stereocenters. The Hall–Kier alpha value is -0.380. The van der Waals surface area contributed by atoms with E-state index in [1.165, 1.54) is 55.8 Å². The highest BCUT2D eigenvalue weighted by atomic mass is 79.9. The Bertz CT molecular complexity index is 406. The number of benzene rings is 1. The van der Waals surface area contributed by atoms with Gasteiger partial charge in [0.25, 0.3) is 0 Å². The number of halogens is 1. The van der Waals surface area contributed by atoms with E-state index in [1.54, 1.807) is 0 Å². The van der Waals surface area contributed by atoms with Gasteiger partial charge < -0.3 is 4.90 Å². The van der Waals surface area contributed by atoms with Gasteiger partial charge in [-0.1, -0.05) is 34.1 Å². The molecule has 0 aromatic heterocycles. The minimum Gasteiger partial charge on any atom is -0.301 e. The molecule has 1 heterocycles. The van der Waals surface area contributed by atoms with Crippen LogP contribution in [0.4, 0.5) is 0 Å². The Balaban J connectivity index is 1.90. The first kappa shape index (κ1) is 15.0. The van der Waals surface area contributed by atoms with Gasteiger partial charge in [0.1, 0.15) is 0 Å². The molecule has 1 aromatic rings. The highest BCUT2D eigenvalue weighted by Gasteiger charge is 2.14. The first-order valence-corrected chi connectivity index (χ1v) is 8.38. The number of hydrogen-bond donors (Lipinski definition) is 0. The minimum atomic E-state index is 1.09. The maximum atomic E-state index is 3.54. The standard InChI is InChI=1S/C16H25BrN2/c1-14-4-5-16(12-15(14)2)13-19-8-3-7-18(9-6-17)10-11-19/h4-5,12H,3,6-11,13H2,1-2H3. The van der Waals surface area contributed by atoms with E-state index in [4.69, 9.17) is 0 Å². The van der Waals surface area contributed by atoms with Gasteiger partial charge in [-0.05, 0) is 50.0 Å². The van der Waals surface area contributed by atoms with Crippen LogP contribution in [0.15, 0.2) is 18.2 Å². The molecule has 0 N–H and O–H groups in total. The van der Waals surface area contributed by atoms with E-state index in [-0.39, 0.29) is 0 Å². The fourth-order valence-corrected chi connectivity index (χ4v) is 3.19. The second-order valence-corrected chi connectivity index (χ2v) is 6.37. The second kappa shape index (κ2) is 7.41. The Morgan fingerprint density at radius 3 is 2.47 bits per heavy atom. The van der Waals surface area contributed by atoms with Crippen LogP contribution in [0.3, 0.4) is 0 Å². The van der Waals surface area contributed by atoms with Crippen LogP contribution in [0.1, 0.15) is 23.1 Å². The maximum Gasteiger partial charge on any atom is 0.0234 e. The normalized spacial score (nSPS) is 18.5. The third-order valence-corrected chi connectivity index (χ3v) is 4.41. The van der Waals surface area contributed by atoms with E-state index in [1.807, 2.05) is 0 Å². The van der Waals surface area contributed by atoms with Crippen molar-refractivity contribution < 1.29 is 0 Å². The summed E-state index contributed by atoms with van der Waals surface area (Å²) in [6.07, 6.45) is 1.29. The van der Waals surface area contributed by atoms with E-state index in [0.717, 1.165) is 11.9 Å². The molecule has 0 aliphatic carbocycles.